The minimum Gasteiger partial charge on any atom is -0.497 e. The Balaban J connectivity index is 1.76. The summed E-state index contributed by atoms with van der Waals surface area (Å²) in [6, 6.07) is 11.5. The van der Waals surface area contributed by atoms with Gasteiger partial charge in [0.2, 0.25) is 5.88 Å². The zero-order valence-corrected chi connectivity index (χ0v) is 18.2. The summed E-state index contributed by atoms with van der Waals surface area (Å²) >= 11 is 5.97. The Morgan fingerprint density at radius 3 is 2.62 bits per heavy atom. The van der Waals surface area contributed by atoms with Gasteiger partial charge in [-0.15, -0.1) is 0 Å². The number of hydrogen-bond acceptors (Lipinski definition) is 5. The lowest BCUT2D eigenvalue weighted by Gasteiger charge is -2.26. The molecule has 0 amide bonds. The maximum Gasteiger partial charge on any atom is 0.338 e. The van der Waals surface area contributed by atoms with Gasteiger partial charge in [-0.25, -0.2) is 9.36 Å². The zero-order chi connectivity index (χ0) is 22.6. The molecule has 0 saturated heterocycles. The Morgan fingerprint density at radius 2 is 1.91 bits per heavy atom. The van der Waals surface area contributed by atoms with Crippen molar-refractivity contribution in [2.45, 2.75) is 12.5 Å². The van der Waals surface area contributed by atoms with Gasteiger partial charge in [0.1, 0.15) is 11.3 Å². The van der Waals surface area contributed by atoms with Crippen molar-refractivity contribution in [2.75, 3.05) is 13.7 Å². The van der Waals surface area contributed by atoms with Crippen molar-refractivity contribution < 1.29 is 9.84 Å². The molecule has 32 heavy (non-hydrogen) atoms. The number of hydrogen-bond donors (Lipinski definition) is 3. The average molecular weight is 453 g/mol. The van der Waals surface area contributed by atoms with Crippen LogP contribution in [-0.2, 0) is 13.5 Å². The number of nitrogens with zero attached hydrogens (tertiary/aromatic N) is 2. The highest BCUT2D eigenvalue weighted by molar-refractivity contribution is 6.30. The van der Waals surface area contributed by atoms with Gasteiger partial charge >= 0.3 is 5.69 Å². The Labute approximate surface area is 187 Å². The van der Waals surface area contributed by atoms with Crippen LogP contribution in [0.4, 0.5) is 0 Å². The van der Waals surface area contributed by atoms with Gasteiger partial charge in [0, 0.05) is 35.2 Å². The van der Waals surface area contributed by atoms with Crippen molar-refractivity contribution in [1.82, 2.24) is 19.4 Å². The van der Waals surface area contributed by atoms with Crippen LogP contribution in [-0.4, -0.2) is 32.9 Å². The van der Waals surface area contributed by atoms with Crippen LogP contribution < -0.4 is 21.3 Å². The minimum absolute atomic E-state index is 0.0986. The molecule has 2 aromatic carbocycles. The molecule has 8 nitrogen and oxygen atoms in total. The molecule has 4 aromatic rings. The number of methoxy groups -OCH3 is 1. The van der Waals surface area contributed by atoms with Crippen molar-refractivity contribution in [3.8, 4) is 17.3 Å². The predicted molar refractivity (Wildman–Crippen MR) is 122 cm³/mol. The molecule has 164 valence electrons. The highest BCUT2D eigenvalue weighted by Crippen LogP contribution is 2.36. The largest absolute Gasteiger partial charge is 0.497 e. The first-order valence-corrected chi connectivity index (χ1v) is 10.5. The van der Waals surface area contributed by atoms with Crippen LogP contribution in [0.5, 0.6) is 11.6 Å². The molecular weight excluding hydrogens is 432 g/mol. The van der Waals surface area contributed by atoms with Crippen LogP contribution in [0.1, 0.15) is 22.9 Å². The molecule has 1 aliphatic heterocycles. The van der Waals surface area contributed by atoms with Crippen LogP contribution in [0.2, 0.25) is 5.02 Å². The molecule has 0 spiro atoms. The first-order chi connectivity index (χ1) is 15.4. The molecule has 3 N–H and O–H groups in total. The molecule has 9 heteroatoms. The van der Waals surface area contributed by atoms with Gasteiger partial charge in [0.15, 0.2) is 0 Å². The molecule has 1 atom stereocenters. The lowest BCUT2D eigenvalue weighted by Crippen LogP contribution is -2.43. The second-order valence-corrected chi connectivity index (χ2v) is 8.20. The van der Waals surface area contributed by atoms with Crippen LogP contribution >= 0.6 is 11.6 Å². The van der Waals surface area contributed by atoms with E-state index in [1.807, 2.05) is 18.2 Å². The number of ether oxygens (including phenoxy) is 1. The van der Waals surface area contributed by atoms with Crippen LogP contribution in [0.3, 0.4) is 0 Å². The van der Waals surface area contributed by atoms with Gasteiger partial charge in [0.05, 0.1) is 18.8 Å². The number of aromatic amines is 1. The molecule has 2 aromatic heterocycles. The lowest BCUT2D eigenvalue weighted by atomic mass is 9.95. The van der Waals surface area contributed by atoms with E-state index in [1.54, 1.807) is 31.4 Å². The van der Waals surface area contributed by atoms with Crippen LogP contribution in [0.25, 0.3) is 16.6 Å². The Kier molecular flexibility index (Phi) is 4.83. The summed E-state index contributed by atoms with van der Waals surface area (Å²) in [7, 11) is 3.05. The van der Waals surface area contributed by atoms with Gasteiger partial charge in [-0.05, 0) is 54.4 Å². The van der Waals surface area contributed by atoms with Crippen molar-refractivity contribution in [2.24, 2.45) is 7.05 Å². The van der Waals surface area contributed by atoms with E-state index in [0.717, 1.165) is 43.5 Å². The topological polar surface area (TPSA) is 101 Å². The highest BCUT2D eigenvalue weighted by atomic mass is 35.5. The summed E-state index contributed by atoms with van der Waals surface area (Å²) in [5.41, 5.74) is 1.99. The van der Waals surface area contributed by atoms with E-state index in [9.17, 15) is 14.7 Å². The van der Waals surface area contributed by atoms with E-state index in [4.69, 9.17) is 16.3 Å². The molecule has 5 rings (SSSR count). The van der Waals surface area contributed by atoms with Crippen molar-refractivity contribution >= 4 is 22.5 Å². The minimum atomic E-state index is -0.643. The fraction of sp³-hybridized carbons (Fsp3) is 0.217. The number of rotatable bonds is 3. The Hall–Kier alpha value is -3.49. The SMILES string of the molecule is COc1ccc2[nH]c3c(c2c1)CCN[C@@H]3c1c(O)n(C)c(=O)n(-c2ccc(Cl)cc2)c1=O. The van der Waals surface area contributed by atoms with Gasteiger partial charge in [-0.3, -0.25) is 9.36 Å². The third kappa shape index (κ3) is 3.03. The number of H-pyrrole nitrogens is 1. The fourth-order valence-corrected chi connectivity index (χ4v) is 4.50. The van der Waals surface area contributed by atoms with Crippen molar-refractivity contribution in [3.05, 3.63) is 85.1 Å². The number of fused-ring (bicyclic) bond motifs is 3. The summed E-state index contributed by atoms with van der Waals surface area (Å²) in [6.45, 7) is 0.602. The second-order valence-electron chi connectivity index (χ2n) is 7.76. The van der Waals surface area contributed by atoms with Gasteiger partial charge in [-0.2, -0.15) is 0 Å². The van der Waals surface area contributed by atoms with E-state index in [0.29, 0.717) is 17.3 Å². The first kappa shape index (κ1) is 20.4. The van der Waals surface area contributed by atoms with Gasteiger partial charge in [-0.1, -0.05) is 11.6 Å². The molecular formula is C23H21ClN4O4. The third-order valence-corrected chi connectivity index (χ3v) is 6.25. The molecule has 0 saturated carbocycles. The molecule has 0 fully saturated rings. The second kappa shape index (κ2) is 7.58. The molecule has 3 heterocycles. The quantitative estimate of drug-likeness (QED) is 0.443. The molecule has 0 aliphatic carbocycles. The molecule has 0 unspecified atom stereocenters. The van der Waals surface area contributed by atoms with Gasteiger partial charge in [0.25, 0.3) is 5.56 Å². The number of aromatic nitrogens is 3. The third-order valence-electron chi connectivity index (χ3n) is 6.00. The summed E-state index contributed by atoms with van der Waals surface area (Å²) in [6.07, 6.45) is 0.747. The summed E-state index contributed by atoms with van der Waals surface area (Å²) in [5, 5.41) is 15.7. The standard InChI is InChI=1S/C23H21ClN4O4/c1-27-21(29)18(22(30)28(23(27)31)13-5-3-12(24)4-6-13)20-19-15(9-10-25-20)16-11-14(32-2)7-8-17(16)26-19/h3-8,11,20,25-26,29H,9-10H2,1-2H3/t20-/m1/s1. The maximum absolute atomic E-state index is 13.6. The maximum atomic E-state index is 13.6. The summed E-state index contributed by atoms with van der Waals surface area (Å²) in [4.78, 5) is 29.8. The van der Waals surface area contributed by atoms with E-state index in [1.165, 1.54) is 7.05 Å². The van der Waals surface area contributed by atoms with Crippen LogP contribution in [0.15, 0.2) is 52.1 Å². The molecule has 0 bridgehead atoms. The molecule has 1 aliphatic rings. The van der Waals surface area contributed by atoms with E-state index in [-0.39, 0.29) is 11.4 Å². The predicted octanol–water partition coefficient (Wildman–Crippen LogP) is 2.62. The first-order valence-electron chi connectivity index (χ1n) is 10.1. The molecule has 0 radical (unpaired) electrons. The van der Waals surface area contributed by atoms with Crippen molar-refractivity contribution in [3.63, 3.8) is 0 Å². The van der Waals surface area contributed by atoms with E-state index < -0.39 is 17.3 Å². The number of benzene rings is 2. The van der Waals surface area contributed by atoms with Crippen molar-refractivity contribution in [1.29, 1.82) is 0 Å². The smallest absolute Gasteiger partial charge is 0.338 e. The Bertz CT molecular complexity index is 1470. The summed E-state index contributed by atoms with van der Waals surface area (Å²) < 4.78 is 7.49. The lowest BCUT2D eigenvalue weighted by molar-refractivity contribution is 0.394. The summed E-state index contributed by atoms with van der Waals surface area (Å²) in [5.74, 6) is 0.372. The van der Waals surface area contributed by atoms with Gasteiger partial charge < -0.3 is 20.1 Å². The normalized spacial score (nSPS) is 15.7. The number of aromatic hydroxyl groups is 1. The zero-order valence-electron chi connectivity index (χ0n) is 17.5. The van der Waals surface area contributed by atoms with Crippen LogP contribution in [0, 0.1) is 0 Å². The number of nitrogens with one attached hydrogen (secondary N) is 2. The number of halogens is 1. The monoisotopic (exact) mass is 452 g/mol. The highest BCUT2D eigenvalue weighted by Gasteiger charge is 2.32. The average Bonchev–Trinajstić information content (AvgIpc) is 3.17. The Morgan fingerprint density at radius 1 is 1.16 bits per heavy atom. The van der Waals surface area contributed by atoms with E-state index in [2.05, 4.69) is 10.3 Å². The van der Waals surface area contributed by atoms with E-state index >= 15 is 0 Å². The fourth-order valence-electron chi connectivity index (χ4n) is 4.37.